The number of amides is 1. The van der Waals surface area contributed by atoms with E-state index in [2.05, 4.69) is 22.7 Å². The largest absolute Gasteiger partial charge is 0.353 e. The van der Waals surface area contributed by atoms with E-state index in [-0.39, 0.29) is 24.0 Å². The molecule has 120 valence electrons. The molecule has 21 heavy (non-hydrogen) atoms. The van der Waals surface area contributed by atoms with Gasteiger partial charge in [-0.25, -0.2) is 0 Å². The van der Waals surface area contributed by atoms with Crippen molar-refractivity contribution in [3.8, 4) is 0 Å². The minimum Gasteiger partial charge on any atom is -0.353 e. The van der Waals surface area contributed by atoms with Crippen molar-refractivity contribution >= 4 is 24.0 Å². The van der Waals surface area contributed by atoms with Gasteiger partial charge in [0.25, 0.3) is 0 Å². The van der Waals surface area contributed by atoms with E-state index in [4.69, 9.17) is 0 Å². The first kappa shape index (κ1) is 19.3. The van der Waals surface area contributed by atoms with Crippen molar-refractivity contribution in [3.63, 3.8) is 0 Å². The highest BCUT2D eigenvalue weighted by atomic mass is 35.5. The van der Waals surface area contributed by atoms with Crippen LogP contribution in [-0.4, -0.2) is 40.2 Å². The zero-order valence-corrected chi connectivity index (χ0v) is 13.3. The van der Waals surface area contributed by atoms with E-state index in [9.17, 15) is 14.9 Å². The van der Waals surface area contributed by atoms with E-state index in [0.717, 1.165) is 19.2 Å². The number of halogens is 1. The van der Waals surface area contributed by atoms with Crippen LogP contribution in [0.1, 0.15) is 27.2 Å². The first-order chi connectivity index (χ1) is 9.39. The molecular weight excluding hydrogens is 298 g/mol. The fourth-order valence-electron chi connectivity index (χ4n) is 1.60. The Morgan fingerprint density at radius 2 is 2.10 bits per heavy atom. The molecule has 8 nitrogen and oxygen atoms in total. The van der Waals surface area contributed by atoms with Crippen LogP contribution in [0.4, 0.5) is 5.69 Å². The lowest BCUT2D eigenvalue weighted by Crippen LogP contribution is -2.46. The van der Waals surface area contributed by atoms with Crippen molar-refractivity contribution in [3.05, 3.63) is 22.5 Å². The van der Waals surface area contributed by atoms with Crippen LogP contribution in [0.3, 0.4) is 0 Å². The molecule has 0 atom stereocenters. The van der Waals surface area contributed by atoms with Gasteiger partial charge in [0.2, 0.25) is 5.91 Å². The van der Waals surface area contributed by atoms with E-state index >= 15 is 0 Å². The zero-order valence-electron chi connectivity index (χ0n) is 12.5. The standard InChI is InChI=1S/C12H21N5O3.ClH/c1-4-5-13-6-7-14-11(18)12(2,3)16-9-10(8-15-16)17(19)20;/h8-9,13H,4-7H2,1-3H3,(H,14,18);1H. The average Bonchev–Trinajstić information content (AvgIpc) is 2.88. The van der Waals surface area contributed by atoms with Crippen LogP contribution < -0.4 is 10.6 Å². The number of nitrogens with zero attached hydrogens (tertiary/aromatic N) is 3. The Kier molecular flexibility index (Phi) is 7.90. The second kappa shape index (κ2) is 8.58. The van der Waals surface area contributed by atoms with Crippen molar-refractivity contribution in [2.24, 2.45) is 0 Å². The second-order valence-corrected chi connectivity index (χ2v) is 4.97. The summed E-state index contributed by atoms with van der Waals surface area (Å²) in [5.41, 5.74) is -1.10. The van der Waals surface area contributed by atoms with Crippen LogP contribution in [0.2, 0.25) is 0 Å². The Balaban J connectivity index is 0.00000400. The third-order valence-electron chi connectivity index (χ3n) is 2.92. The Morgan fingerprint density at radius 1 is 1.43 bits per heavy atom. The maximum absolute atomic E-state index is 12.1. The lowest BCUT2D eigenvalue weighted by Gasteiger charge is -2.23. The fourth-order valence-corrected chi connectivity index (χ4v) is 1.60. The van der Waals surface area contributed by atoms with Gasteiger partial charge >= 0.3 is 5.69 Å². The third kappa shape index (κ3) is 5.31. The minimum atomic E-state index is -0.973. The lowest BCUT2D eigenvalue weighted by atomic mass is 10.1. The second-order valence-electron chi connectivity index (χ2n) is 4.97. The van der Waals surface area contributed by atoms with Crippen molar-refractivity contribution in [1.29, 1.82) is 0 Å². The zero-order chi connectivity index (χ0) is 15.2. The molecule has 0 saturated carbocycles. The molecule has 9 heteroatoms. The summed E-state index contributed by atoms with van der Waals surface area (Å²) in [6.45, 7) is 7.50. The predicted molar refractivity (Wildman–Crippen MR) is 81.6 cm³/mol. The first-order valence-corrected chi connectivity index (χ1v) is 6.58. The van der Waals surface area contributed by atoms with Gasteiger partial charge in [0.15, 0.2) is 0 Å². The average molecular weight is 320 g/mol. The van der Waals surface area contributed by atoms with Crippen molar-refractivity contribution < 1.29 is 9.72 Å². The summed E-state index contributed by atoms with van der Waals surface area (Å²) in [6.07, 6.45) is 3.43. The quantitative estimate of drug-likeness (QED) is 0.424. The number of hydrogen-bond acceptors (Lipinski definition) is 5. The van der Waals surface area contributed by atoms with Crippen molar-refractivity contribution in [2.45, 2.75) is 32.7 Å². The summed E-state index contributed by atoms with van der Waals surface area (Å²) in [4.78, 5) is 22.2. The van der Waals surface area contributed by atoms with Gasteiger partial charge in [-0.05, 0) is 26.8 Å². The van der Waals surface area contributed by atoms with Gasteiger partial charge in [-0.1, -0.05) is 6.92 Å². The van der Waals surface area contributed by atoms with Crippen LogP contribution in [-0.2, 0) is 10.3 Å². The van der Waals surface area contributed by atoms with Crippen LogP contribution >= 0.6 is 12.4 Å². The maximum atomic E-state index is 12.1. The molecule has 1 heterocycles. The van der Waals surface area contributed by atoms with E-state index in [0.29, 0.717) is 13.1 Å². The molecule has 1 rings (SSSR count). The van der Waals surface area contributed by atoms with Gasteiger partial charge in [-0.3, -0.25) is 19.6 Å². The van der Waals surface area contributed by atoms with Gasteiger partial charge < -0.3 is 10.6 Å². The highest BCUT2D eigenvalue weighted by Gasteiger charge is 2.31. The summed E-state index contributed by atoms with van der Waals surface area (Å²) in [5, 5.41) is 20.5. The van der Waals surface area contributed by atoms with Gasteiger partial charge in [-0.2, -0.15) is 5.10 Å². The fraction of sp³-hybridized carbons (Fsp3) is 0.667. The normalized spacial score (nSPS) is 10.8. The summed E-state index contributed by atoms with van der Waals surface area (Å²) >= 11 is 0. The highest BCUT2D eigenvalue weighted by Crippen LogP contribution is 2.18. The number of carbonyl (C=O) groups is 1. The lowest BCUT2D eigenvalue weighted by molar-refractivity contribution is -0.385. The molecule has 0 radical (unpaired) electrons. The van der Waals surface area contributed by atoms with E-state index in [1.54, 1.807) is 13.8 Å². The molecule has 0 aliphatic heterocycles. The third-order valence-corrected chi connectivity index (χ3v) is 2.92. The van der Waals surface area contributed by atoms with Crippen LogP contribution in [0.25, 0.3) is 0 Å². The van der Waals surface area contributed by atoms with Gasteiger partial charge in [0, 0.05) is 13.1 Å². The molecule has 0 unspecified atom stereocenters. The molecule has 0 saturated heterocycles. The molecule has 0 fully saturated rings. The molecule has 2 N–H and O–H groups in total. The Hall–Kier alpha value is -1.67. The molecule has 0 spiro atoms. The molecule has 1 aromatic heterocycles. The van der Waals surface area contributed by atoms with Crippen molar-refractivity contribution in [1.82, 2.24) is 20.4 Å². The molecule has 0 aliphatic carbocycles. The van der Waals surface area contributed by atoms with E-state index in [1.165, 1.54) is 10.9 Å². The molecule has 0 aromatic carbocycles. The summed E-state index contributed by atoms with van der Waals surface area (Å²) in [7, 11) is 0. The number of rotatable bonds is 8. The van der Waals surface area contributed by atoms with Crippen LogP contribution in [0, 0.1) is 10.1 Å². The number of carbonyl (C=O) groups excluding carboxylic acids is 1. The van der Waals surface area contributed by atoms with Gasteiger partial charge in [0.05, 0.1) is 4.92 Å². The maximum Gasteiger partial charge on any atom is 0.307 e. The Bertz CT molecular complexity index is 475. The summed E-state index contributed by atoms with van der Waals surface area (Å²) < 4.78 is 1.31. The SMILES string of the molecule is CCCNCCNC(=O)C(C)(C)n1cc([N+](=O)[O-])cn1.Cl. The van der Waals surface area contributed by atoms with Crippen LogP contribution in [0.5, 0.6) is 0 Å². The van der Waals surface area contributed by atoms with Crippen LogP contribution in [0.15, 0.2) is 12.4 Å². The van der Waals surface area contributed by atoms with Crippen molar-refractivity contribution in [2.75, 3.05) is 19.6 Å². The highest BCUT2D eigenvalue weighted by molar-refractivity contribution is 5.85. The first-order valence-electron chi connectivity index (χ1n) is 6.58. The molecule has 1 aromatic rings. The minimum absolute atomic E-state index is 0. The molecule has 0 bridgehead atoms. The number of nitrogens with one attached hydrogen (secondary N) is 2. The number of hydrogen-bond donors (Lipinski definition) is 2. The van der Waals surface area contributed by atoms with E-state index in [1.807, 2.05) is 0 Å². The Labute approximate surface area is 129 Å². The summed E-state index contributed by atoms with van der Waals surface area (Å²) in [5.74, 6) is -0.228. The van der Waals surface area contributed by atoms with E-state index < -0.39 is 10.5 Å². The smallest absolute Gasteiger partial charge is 0.307 e. The predicted octanol–water partition coefficient (Wildman–Crippen LogP) is 1.06. The number of aromatic nitrogens is 2. The number of nitro groups is 1. The van der Waals surface area contributed by atoms with Gasteiger partial charge in [0.1, 0.15) is 17.9 Å². The molecule has 0 aliphatic rings. The monoisotopic (exact) mass is 319 g/mol. The molecule has 1 amide bonds. The topological polar surface area (TPSA) is 102 Å². The Morgan fingerprint density at radius 3 is 2.62 bits per heavy atom. The summed E-state index contributed by atoms with van der Waals surface area (Å²) in [6, 6.07) is 0. The molecular formula is C12H22ClN5O3. The van der Waals surface area contributed by atoms with Gasteiger partial charge in [-0.15, -0.1) is 12.4 Å².